The van der Waals surface area contributed by atoms with Crippen molar-refractivity contribution in [2.24, 2.45) is 4.99 Å². The Morgan fingerprint density at radius 2 is 1.96 bits per heavy atom. The van der Waals surface area contributed by atoms with Gasteiger partial charge in [0.1, 0.15) is 5.82 Å². The molecule has 1 aromatic carbocycles. The highest BCUT2D eigenvalue weighted by Gasteiger charge is 2.44. The van der Waals surface area contributed by atoms with Crippen molar-refractivity contribution in [3.63, 3.8) is 0 Å². The summed E-state index contributed by atoms with van der Waals surface area (Å²) in [6.45, 7) is 0.569. The van der Waals surface area contributed by atoms with E-state index in [2.05, 4.69) is 15.6 Å². The molecule has 1 aliphatic carbocycles. The zero-order valence-electron chi connectivity index (χ0n) is 14.7. The highest BCUT2D eigenvalue weighted by molar-refractivity contribution is 5.80. The maximum absolute atomic E-state index is 13.1. The Balaban J connectivity index is 1.49. The van der Waals surface area contributed by atoms with Gasteiger partial charge in [0.15, 0.2) is 5.96 Å². The van der Waals surface area contributed by atoms with Crippen LogP contribution in [-0.4, -0.2) is 56.3 Å². The van der Waals surface area contributed by atoms with Gasteiger partial charge in [0, 0.05) is 38.1 Å². The van der Waals surface area contributed by atoms with E-state index in [0.29, 0.717) is 32.0 Å². The van der Waals surface area contributed by atoms with Gasteiger partial charge in [0.2, 0.25) is 0 Å². The Morgan fingerprint density at radius 1 is 1.27 bits per heavy atom. The van der Waals surface area contributed by atoms with Gasteiger partial charge in [-0.1, -0.05) is 12.1 Å². The SMILES string of the molecule is CN=C(NCC1(c2ccc(F)cc2)CC1)NC1CCN(CC(F)(F)F)C1. The second kappa shape index (κ2) is 7.42. The summed E-state index contributed by atoms with van der Waals surface area (Å²) in [6, 6.07) is 6.51. The van der Waals surface area contributed by atoms with Gasteiger partial charge < -0.3 is 10.6 Å². The predicted octanol–water partition coefficient (Wildman–Crippen LogP) is 2.66. The first-order chi connectivity index (χ1) is 12.3. The quantitative estimate of drug-likeness (QED) is 0.474. The molecule has 144 valence electrons. The van der Waals surface area contributed by atoms with Crippen LogP contribution in [0.1, 0.15) is 24.8 Å². The lowest BCUT2D eigenvalue weighted by molar-refractivity contribution is -0.143. The van der Waals surface area contributed by atoms with Gasteiger partial charge in [-0.15, -0.1) is 0 Å². The largest absolute Gasteiger partial charge is 0.401 e. The fourth-order valence-electron chi connectivity index (χ4n) is 3.51. The molecule has 1 aromatic rings. The molecular formula is C18H24F4N4. The number of hydrogen-bond donors (Lipinski definition) is 2. The van der Waals surface area contributed by atoms with Gasteiger partial charge in [-0.2, -0.15) is 13.2 Å². The summed E-state index contributed by atoms with van der Waals surface area (Å²) in [5.74, 6) is 0.344. The molecule has 1 aliphatic heterocycles. The number of hydrogen-bond acceptors (Lipinski definition) is 2. The van der Waals surface area contributed by atoms with E-state index < -0.39 is 12.7 Å². The fourth-order valence-corrected chi connectivity index (χ4v) is 3.51. The lowest BCUT2D eigenvalue weighted by atomic mass is 9.96. The lowest BCUT2D eigenvalue weighted by Gasteiger charge is -2.22. The first-order valence-corrected chi connectivity index (χ1v) is 8.82. The molecular weight excluding hydrogens is 348 g/mol. The van der Waals surface area contributed by atoms with Crippen LogP contribution in [0.2, 0.25) is 0 Å². The minimum absolute atomic E-state index is 0.0106. The van der Waals surface area contributed by atoms with Crippen molar-refractivity contribution in [2.45, 2.75) is 36.9 Å². The van der Waals surface area contributed by atoms with Crippen LogP contribution in [0.4, 0.5) is 17.6 Å². The zero-order chi connectivity index (χ0) is 18.8. The third-order valence-electron chi connectivity index (χ3n) is 5.14. The van der Waals surface area contributed by atoms with Gasteiger partial charge in [-0.05, 0) is 37.0 Å². The summed E-state index contributed by atoms with van der Waals surface area (Å²) in [4.78, 5) is 5.59. The van der Waals surface area contributed by atoms with Crippen molar-refractivity contribution in [3.05, 3.63) is 35.6 Å². The van der Waals surface area contributed by atoms with Crippen LogP contribution >= 0.6 is 0 Å². The monoisotopic (exact) mass is 372 g/mol. The molecule has 2 fully saturated rings. The molecule has 2 N–H and O–H groups in total. The van der Waals surface area contributed by atoms with Crippen molar-refractivity contribution >= 4 is 5.96 Å². The van der Waals surface area contributed by atoms with E-state index in [-0.39, 0.29) is 17.3 Å². The predicted molar refractivity (Wildman–Crippen MR) is 92.7 cm³/mol. The van der Waals surface area contributed by atoms with Crippen LogP contribution in [0.3, 0.4) is 0 Å². The topological polar surface area (TPSA) is 39.7 Å². The van der Waals surface area contributed by atoms with Gasteiger partial charge in [0.25, 0.3) is 0 Å². The minimum Gasteiger partial charge on any atom is -0.356 e. The van der Waals surface area contributed by atoms with E-state index in [4.69, 9.17) is 0 Å². The molecule has 26 heavy (non-hydrogen) atoms. The van der Waals surface area contributed by atoms with Crippen LogP contribution in [0.5, 0.6) is 0 Å². The van der Waals surface area contributed by atoms with E-state index in [0.717, 1.165) is 18.4 Å². The van der Waals surface area contributed by atoms with Gasteiger partial charge in [-0.3, -0.25) is 9.89 Å². The Hall–Kier alpha value is -1.83. The van der Waals surface area contributed by atoms with E-state index in [1.807, 2.05) is 12.1 Å². The molecule has 0 amide bonds. The fraction of sp³-hybridized carbons (Fsp3) is 0.611. The molecule has 1 saturated heterocycles. The van der Waals surface area contributed by atoms with Crippen molar-refractivity contribution in [2.75, 3.05) is 33.2 Å². The normalized spacial score (nSPS) is 23.1. The first kappa shape index (κ1) is 18.9. The minimum atomic E-state index is -4.16. The van der Waals surface area contributed by atoms with Crippen molar-refractivity contribution in [1.82, 2.24) is 15.5 Å². The van der Waals surface area contributed by atoms with Crippen LogP contribution in [0.15, 0.2) is 29.3 Å². The Kier molecular flexibility index (Phi) is 5.41. The molecule has 4 nitrogen and oxygen atoms in total. The molecule has 3 rings (SSSR count). The van der Waals surface area contributed by atoms with Gasteiger partial charge in [-0.25, -0.2) is 4.39 Å². The van der Waals surface area contributed by atoms with Gasteiger partial charge in [0.05, 0.1) is 6.54 Å². The van der Waals surface area contributed by atoms with Crippen LogP contribution < -0.4 is 10.6 Å². The molecule has 0 spiro atoms. The summed E-state index contributed by atoms with van der Waals surface area (Å²) in [5, 5.41) is 6.49. The molecule has 0 bridgehead atoms. The Morgan fingerprint density at radius 3 is 2.54 bits per heavy atom. The molecule has 0 radical (unpaired) electrons. The average Bonchev–Trinajstić information content (AvgIpc) is 3.25. The Labute approximate surface area is 150 Å². The number of halogens is 4. The number of benzene rings is 1. The van der Waals surface area contributed by atoms with Crippen LogP contribution in [-0.2, 0) is 5.41 Å². The van der Waals surface area contributed by atoms with E-state index in [1.54, 1.807) is 7.05 Å². The third kappa shape index (κ3) is 4.87. The average molecular weight is 372 g/mol. The summed E-state index contributed by atoms with van der Waals surface area (Å²) < 4.78 is 50.6. The zero-order valence-corrected chi connectivity index (χ0v) is 14.7. The standard InChI is InChI=1S/C18H24F4N4/c1-23-16(25-15-6-9-26(10-15)12-18(20,21)22)24-11-17(7-8-17)13-2-4-14(19)5-3-13/h2-5,15H,6-12H2,1H3,(H2,23,24,25). The Bertz CT molecular complexity index is 638. The maximum Gasteiger partial charge on any atom is 0.401 e. The molecule has 1 saturated carbocycles. The van der Waals surface area contributed by atoms with E-state index in [1.165, 1.54) is 17.0 Å². The number of guanidine groups is 1. The van der Waals surface area contributed by atoms with Crippen molar-refractivity contribution in [3.8, 4) is 0 Å². The van der Waals surface area contributed by atoms with Crippen molar-refractivity contribution < 1.29 is 17.6 Å². The number of alkyl halides is 3. The smallest absolute Gasteiger partial charge is 0.356 e. The summed E-state index contributed by atoms with van der Waals surface area (Å²) >= 11 is 0. The summed E-state index contributed by atoms with van der Waals surface area (Å²) in [5.41, 5.74) is 1.09. The second-order valence-corrected chi connectivity index (χ2v) is 7.19. The third-order valence-corrected chi connectivity index (χ3v) is 5.14. The lowest BCUT2D eigenvalue weighted by Crippen LogP contribution is -2.47. The maximum atomic E-state index is 13.1. The summed E-state index contributed by atoms with van der Waals surface area (Å²) in [7, 11) is 1.65. The molecule has 1 unspecified atom stereocenters. The van der Waals surface area contributed by atoms with E-state index >= 15 is 0 Å². The number of rotatable bonds is 5. The molecule has 8 heteroatoms. The van der Waals surface area contributed by atoms with E-state index in [9.17, 15) is 17.6 Å². The molecule has 1 heterocycles. The number of nitrogens with one attached hydrogen (secondary N) is 2. The number of aliphatic imine (C=N–C) groups is 1. The summed E-state index contributed by atoms with van der Waals surface area (Å²) in [6.07, 6.45) is -1.47. The van der Waals surface area contributed by atoms with Crippen LogP contribution in [0, 0.1) is 5.82 Å². The van der Waals surface area contributed by atoms with Crippen molar-refractivity contribution in [1.29, 1.82) is 0 Å². The highest BCUT2D eigenvalue weighted by atomic mass is 19.4. The van der Waals surface area contributed by atoms with Gasteiger partial charge >= 0.3 is 6.18 Å². The molecule has 2 aliphatic rings. The van der Waals surface area contributed by atoms with Crippen LogP contribution in [0.25, 0.3) is 0 Å². The molecule has 1 atom stereocenters. The number of likely N-dealkylation sites (tertiary alicyclic amines) is 1. The molecule has 0 aromatic heterocycles. The second-order valence-electron chi connectivity index (χ2n) is 7.19. The first-order valence-electron chi connectivity index (χ1n) is 8.82. The highest BCUT2D eigenvalue weighted by Crippen LogP contribution is 2.47. The number of nitrogens with zero attached hydrogens (tertiary/aromatic N) is 2.